The van der Waals surface area contributed by atoms with Crippen LogP contribution in [0.1, 0.15) is 37.4 Å². The summed E-state index contributed by atoms with van der Waals surface area (Å²) in [6.45, 7) is 7.30. The molecule has 3 rings (SSSR count). The zero-order valence-corrected chi connectivity index (χ0v) is 18.2. The first-order valence-electron chi connectivity index (χ1n) is 10.6. The zero-order chi connectivity index (χ0) is 22.4. The molecule has 1 atom stereocenters. The van der Waals surface area contributed by atoms with Crippen LogP contribution in [-0.2, 0) is 9.59 Å². The second-order valence-electron chi connectivity index (χ2n) is 7.39. The predicted octanol–water partition coefficient (Wildman–Crippen LogP) is 3.24. The van der Waals surface area contributed by atoms with Crippen LogP contribution in [0.4, 0.5) is 0 Å². The number of hydrogen-bond donors (Lipinski definition) is 1. The Morgan fingerprint density at radius 2 is 1.87 bits per heavy atom. The predicted molar refractivity (Wildman–Crippen MR) is 119 cm³/mol. The number of ketones is 1. The van der Waals surface area contributed by atoms with E-state index in [0.717, 1.165) is 31.6 Å². The number of pyridine rings is 1. The van der Waals surface area contributed by atoms with Gasteiger partial charge in [-0.3, -0.25) is 14.6 Å². The lowest BCUT2D eigenvalue weighted by Crippen LogP contribution is -2.33. The van der Waals surface area contributed by atoms with Crippen molar-refractivity contribution in [2.75, 3.05) is 33.3 Å². The first-order chi connectivity index (χ1) is 15.0. The molecule has 0 radical (unpaired) electrons. The highest BCUT2D eigenvalue weighted by Crippen LogP contribution is 2.39. The van der Waals surface area contributed by atoms with Gasteiger partial charge in [0.05, 0.1) is 18.7 Å². The van der Waals surface area contributed by atoms with Crippen LogP contribution in [0.2, 0.25) is 0 Å². The summed E-state index contributed by atoms with van der Waals surface area (Å²) >= 11 is 0. The summed E-state index contributed by atoms with van der Waals surface area (Å²) in [4.78, 5) is 33.8. The van der Waals surface area contributed by atoms with Crippen molar-refractivity contribution in [2.24, 2.45) is 0 Å². The third kappa shape index (κ3) is 4.77. The number of methoxy groups -OCH3 is 1. The maximum atomic E-state index is 13.0. The van der Waals surface area contributed by atoms with Crippen molar-refractivity contribution >= 4 is 17.4 Å². The molecule has 164 valence electrons. The van der Waals surface area contributed by atoms with Crippen molar-refractivity contribution in [1.82, 2.24) is 14.8 Å². The van der Waals surface area contributed by atoms with Gasteiger partial charge in [-0.25, -0.2) is 0 Å². The summed E-state index contributed by atoms with van der Waals surface area (Å²) in [5.74, 6) is -0.918. The number of nitrogens with zero attached hydrogens (tertiary/aromatic N) is 3. The molecule has 1 N–H and O–H groups in total. The summed E-state index contributed by atoms with van der Waals surface area (Å²) in [5, 5.41) is 11.1. The third-order valence-corrected chi connectivity index (χ3v) is 5.67. The smallest absolute Gasteiger partial charge is 0.295 e. The van der Waals surface area contributed by atoms with E-state index in [1.165, 1.54) is 7.11 Å². The minimum absolute atomic E-state index is 0.0901. The lowest BCUT2D eigenvalue weighted by Gasteiger charge is -2.26. The number of rotatable bonds is 9. The average molecular weight is 424 g/mol. The number of likely N-dealkylation sites (tertiary alicyclic amines) is 1. The maximum Gasteiger partial charge on any atom is 0.295 e. The Hall–Kier alpha value is -3.19. The van der Waals surface area contributed by atoms with Gasteiger partial charge in [-0.15, -0.1) is 0 Å². The molecule has 1 aromatic carbocycles. The Morgan fingerprint density at radius 1 is 1.16 bits per heavy atom. The SMILES string of the molecule is CCN(CC)CCCN1C(=O)C(=O)/C(=C(/O)c2cccc(OC)c2)C1c1ccncc1. The van der Waals surface area contributed by atoms with E-state index in [4.69, 9.17) is 4.74 Å². The standard InChI is InChI=1S/C24H29N3O4/c1-4-26(5-2)14-7-15-27-21(17-10-12-25-13-11-17)20(23(29)24(27)30)22(28)18-8-6-9-19(16-18)31-3/h6,8-13,16,21,28H,4-5,7,14-15H2,1-3H3/b22-20+. The number of aromatic nitrogens is 1. The maximum absolute atomic E-state index is 13.0. The topological polar surface area (TPSA) is 83.0 Å². The molecule has 1 fully saturated rings. The molecule has 1 saturated heterocycles. The molecule has 0 saturated carbocycles. The second-order valence-corrected chi connectivity index (χ2v) is 7.39. The molecule has 1 aliphatic rings. The van der Waals surface area contributed by atoms with E-state index in [1.54, 1.807) is 53.7 Å². The molecule has 31 heavy (non-hydrogen) atoms. The second kappa shape index (κ2) is 10.2. The molecule has 7 heteroatoms. The Balaban J connectivity index is 2.01. The van der Waals surface area contributed by atoms with E-state index in [0.29, 0.717) is 17.9 Å². The molecule has 0 aliphatic carbocycles. The van der Waals surface area contributed by atoms with E-state index < -0.39 is 17.7 Å². The Labute approximate surface area is 183 Å². The van der Waals surface area contributed by atoms with E-state index in [2.05, 4.69) is 23.7 Å². The number of amides is 1. The quantitative estimate of drug-likeness (QED) is 0.379. The van der Waals surface area contributed by atoms with Gasteiger partial charge in [0.15, 0.2) is 0 Å². The van der Waals surface area contributed by atoms with Crippen molar-refractivity contribution in [2.45, 2.75) is 26.3 Å². The molecule has 0 bridgehead atoms. The summed E-state index contributed by atoms with van der Waals surface area (Å²) < 4.78 is 5.24. The van der Waals surface area contributed by atoms with Crippen LogP contribution >= 0.6 is 0 Å². The first-order valence-corrected chi connectivity index (χ1v) is 10.6. The molecule has 1 aliphatic heterocycles. The van der Waals surface area contributed by atoms with Crippen molar-refractivity contribution in [3.8, 4) is 5.75 Å². The van der Waals surface area contributed by atoms with Crippen LogP contribution in [0, 0.1) is 0 Å². The molecule has 2 heterocycles. The van der Waals surface area contributed by atoms with Gasteiger partial charge in [0.25, 0.3) is 11.7 Å². The summed E-state index contributed by atoms with van der Waals surface area (Å²) in [6.07, 6.45) is 3.98. The van der Waals surface area contributed by atoms with Crippen LogP contribution in [-0.4, -0.2) is 64.9 Å². The number of hydrogen-bond acceptors (Lipinski definition) is 6. The average Bonchev–Trinajstić information content (AvgIpc) is 3.07. The van der Waals surface area contributed by atoms with Gasteiger partial charge in [0.2, 0.25) is 0 Å². The van der Waals surface area contributed by atoms with Crippen LogP contribution in [0.3, 0.4) is 0 Å². The number of ether oxygens (including phenoxy) is 1. The molecular formula is C24H29N3O4. The van der Waals surface area contributed by atoms with E-state index in [9.17, 15) is 14.7 Å². The van der Waals surface area contributed by atoms with Gasteiger partial charge < -0.3 is 19.6 Å². The number of aliphatic hydroxyl groups is 1. The van der Waals surface area contributed by atoms with Crippen molar-refractivity contribution < 1.29 is 19.4 Å². The summed E-state index contributed by atoms with van der Waals surface area (Å²) in [5.41, 5.74) is 1.26. The summed E-state index contributed by atoms with van der Waals surface area (Å²) in [6, 6.07) is 9.70. The van der Waals surface area contributed by atoms with Gasteiger partial charge >= 0.3 is 0 Å². The van der Waals surface area contributed by atoms with Gasteiger partial charge in [-0.1, -0.05) is 26.0 Å². The number of benzene rings is 1. The van der Waals surface area contributed by atoms with Crippen LogP contribution in [0.5, 0.6) is 5.75 Å². The van der Waals surface area contributed by atoms with Crippen LogP contribution < -0.4 is 4.74 Å². The van der Waals surface area contributed by atoms with E-state index >= 15 is 0 Å². The minimum Gasteiger partial charge on any atom is -0.507 e. The Kier molecular flexibility index (Phi) is 7.41. The molecule has 1 amide bonds. The van der Waals surface area contributed by atoms with Gasteiger partial charge in [0.1, 0.15) is 11.5 Å². The van der Waals surface area contributed by atoms with E-state index in [-0.39, 0.29) is 11.3 Å². The monoisotopic (exact) mass is 423 g/mol. The molecular weight excluding hydrogens is 394 g/mol. The minimum atomic E-state index is -0.676. The number of aliphatic hydroxyl groups excluding tert-OH is 1. The van der Waals surface area contributed by atoms with Crippen molar-refractivity contribution in [3.63, 3.8) is 0 Å². The fourth-order valence-corrected chi connectivity index (χ4v) is 3.93. The lowest BCUT2D eigenvalue weighted by molar-refractivity contribution is -0.140. The van der Waals surface area contributed by atoms with Crippen LogP contribution in [0.25, 0.3) is 5.76 Å². The normalized spacial score (nSPS) is 18.1. The van der Waals surface area contributed by atoms with Crippen molar-refractivity contribution in [3.05, 3.63) is 65.5 Å². The van der Waals surface area contributed by atoms with Crippen molar-refractivity contribution in [1.29, 1.82) is 0 Å². The van der Waals surface area contributed by atoms with Gasteiger partial charge in [-0.05, 0) is 55.9 Å². The summed E-state index contributed by atoms with van der Waals surface area (Å²) in [7, 11) is 1.53. The number of carbonyl (C=O) groups is 2. The number of Topliss-reactive ketones (excluding diaryl/α,β-unsaturated/α-hetero) is 1. The molecule has 1 aromatic heterocycles. The third-order valence-electron chi connectivity index (χ3n) is 5.67. The van der Waals surface area contributed by atoms with E-state index in [1.807, 2.05) is 0 Å². The Morgan fingerprint density at radius 3 is 2.52 bits per heavy atom. The largest absolute Gasteiger partial charge is 0.507 e. The molecule has 0 spiro atoms. The lowest BCUT2D eigenvalue weighted by atomic mass is 9.96. The molecule has 7 nitrogen and oxygen atoms in total. The first kappa shape index (κ1) is 22.5. The fourth-order valence-electron chi connectivity index (χ4n) is 3.93. The van der Waals surface area contributed by atoms with Crippen LogP contribution in [0.15, 0.2) is 54.4 Å². The van der Waals surface area contributed by atoms with Gasteiger partial charge in [-0.2, -0.15) is 0 Å². The zero-order valence-electron chi connectivity index (χ0n) is 18.2. The Bertz CT molecular complexity index is 954. The van der Waals surface area contributed by atoms with Gasteiger partial charge in [0, 0.05) is 24.5 Å². The highest BCUT2D eigenvalue weighted by molar-refractivity contribution is 6.46. The highest BCUT2D eigenvalue weighted by Gasteiger charge is 2.45. The molecule has 1 unspecified atom stereocenters. The molecule has 2 aromatic rings. The fraction of sp³-hybridized carbons (Fsp3) is 0.375. The number of carbonyl (C=O) groups excluding carboxylic acids is 2. The highest BCUT2D eigenvalue weighted by atomic mass is 16.5.